The van der Waals surface area contributed by atoms with Crippen LogP contribution in [-0.2, 0) is 16.4 Å². The lowest BCUT2D eigenvalue weighted by Crippen LogP contribution is -2.39. The van der Waals surface area contributed by atoms with E-state index in [0.717, 1.165) is 18.5 Å². The van der Waals surface area contributed by atoms with Gasteiger partial charge in [-0.15, -0.1) is 0 Å². The van der Waals surface area contributed by atoms with E-state index in [1.807, 2.05) is 25.1 Å². The number of benzene rings is 1. The lowest BCUT2D eigenvalue weighted by molar-refractivity contribution is 0.0963. The third-order valence-electron chi connectivity index (χ3n) is 4.29. The molecule has 0 aliphatic carbocycles. The molecule has 1 aromatic rings. The standard InChI is InChI=1S/C18H29N5O3S/c1-3-20-18(22-10-12-23-11-5-13-27(23,25)26)21-9-8-15-6-4-7-16(14-15)17(24)19-2/h4,6-7,14H,3,5,8-13H2,1-2H3,(H,19,24)(H2,20,21,22). The zero-order valence-electron chi connectivity index (χ0n) is 16.0. The average molecular weight is 396 g/mol. The molecule has 1 saturated heterocycles. The Morgan fingerprint density at radius 2 is 2.11 bits per heavy atom. The Morgan fingerprint density at radius 3 is 2.78 bits per heavy atom. The van der Waals surface area contributed by atoms with Crippen LogP contribution in [0.15, 0.2) is 29.3 Å². The monoisotopic (exact) mass is 395 g/mol. The summed E-state index contributed by atoms with van der Waals surface area (Å²) in [6.07, 6.45) is 1.44. The molecule has 9 heteroatoms. The Hall–Kier alpha value is -2.13. The van der Waals surface area contributed by atoms with Gasteiger partial charge in [0.25, 0.3) is 5.91 Å². The van der Waals surface area contributed by atoms with E-state index < -0.39 is 10.0 Å². The molecule has 150 valence electrons. The molecule has 1 aliphatic heterocycles. The van der Waals surface area contributed by atoms with Crippen molar-refractivity contribution in [1.82, 2.24) is 20.3 Å². The molecule has 1 aromatic carbocycles. The number of hydrogen-bond donors (Lipinski definition) is 3. The molecule has 0 atom stereocenters. The second-order valence-electron chi connectivity index (χ2n) is 6.29. The number of nitrogens with zero attached hydrogens (tertiary/aromatic N) is 2. The number of guanidine groups is 1. The molecule has 1 amide bonds. The molecule has 3 N–H and O–H groups in total. The van der Waals surface area contributed by atoms with E-state index in [0.29, 0.717) is 44.1 Å². The van der Waals surface area contributed by atoms with Crippen LogP contribution >= 0.6 is 0 Å². The predicted molar refractivity (Wildman–Crippen MR) is 107 cm³/mol. The van der Waals surface area contributed by atoms with Crippen LogP contribution in [0.2, 0.25) is 0 Å². The Labute approximate surface area is 161 Å². The largest absolute Gasteiger partial charge is 0.357 e. The molecule has 0 aromatic heterocycles. The van der Waals surface area contributed by atoms with Gasteiger partial charge in [-0.2, -0.15) is 0 Å². The topological polar surface area (TPSA) is 103 Å². The maximum atomic E-state index is 11.8. The molecule has 8 nitrogen and oxygen atoms in total. The van der Waals surface area contributed by atoms with Gasteiger partial charge in [0.05, 0.1) is 12.3 Å². The van der Waals surface area contributed by atoms with Gasteiger partial charge in [0.15, 0.2) is 5.96 Å². The fraction of sp³-hybridized carbons (Fsp3) is 0.556. The first-order valence-electron chi connectivity index (χ1n) is 9.27. The minimum Gasteiger partial charge on any atom is -0.357 e. The number of hydrogen-bond acceptors (Lipinski definition) is 4. The molecule has 1 aliphatic rings. The first-order valence-corrected chi connectivity index (χ1v) is 10.9. The van der Waals surface area contributed by atoms with E-state index in [2.05, 4.69) is 20.9 Å². The highest BCUT2D eigenvalue weighted by Crippen LogP contribution is 2.12. The van der Waals surface area contributed by atoms with E-state index in [1.165, 1.54) is 4.31 Å². The maximum absolute atomic E-state index is 11.8. The summed E-state index contributed by atoms with van der Waals surface area (Å²) in [6, 6.07) is 7.52. The lowest BCUT2D eigenvalue weighted by Gasteiger charge is -2.14. The highest BCUT2D eigenvalue weighted by atomic mass is 32.2. The Bertz CT molecular complexity index is 764. The minimum absolute atomic E-state index is 0.100. The van der Waals surface area contributed by atoms with E-state index >= 15 is 0 Å². The number of aliphatic imine (C=N–C) groups is 1. The zero-order chi connectivity index (χ0) is 19.7. The second kappa shape index (κ2) is 10.3. The van der Waals surface area contributed by atoms with E-state index in [4.69, 9.17) is 0 Å². The van der Waals surface area contributed by atoms with Crippen LogP contribution in [0.1, 0.15) is 29.3 Å². The van der Waals surface area contributed by atoms with Crippen molar-refractivity contribution >= 4 is 21.9 Å². The Balaban J connectivity index is 1.84. The summed E-state index contributed by atoms with van der Waals surface area (Å²) in [4.78, 5) is 16.2. The van der Waals surface area contributed by atoms with Crippen LogP contribution in [-0.4, -0.2) is 70.1 Å². The number of nitrogens with one attached hydrogen (secondary N) is 3. The summed E-state index contributed by atoms with van der Waals surface area (Å²) >= 11 is 0. The van der Waals surface area contributed by atoms with Gasteiger partial charge in [0, 0.05) is 38.8 Å². The Morgan fingerprint density at radius 1 is 1.30 bits per heavy atom. The molecular formula is C18H29N5O3S. The molecule has 2 rings (SSSR count). The van der Waals surface area contributed by atoms with Gasteiger partial charge in [0.2, 0.25) is 10.0 Å². The SMILES string of the molecule is CCNC(=NCCN1CCCS1(=O)=O)NCCc1cccc(C(=O)NC)c1. The fourth-order valence-electron chi connectivity index (χ4n) is 2.90. The Kier molecular flexibility index (Phi) is 8.05. The van der Waals surface area contributed by atoms with E-state index in [9.17, 15) is 13.2 Å². The first-order chi connectivity index (χ1) is 13.0. The second-order valence-corrected chi connectivity index (χ2v) is 8.37. The van der Waals surface area contributed by atoms with Gasteiger partial charge in [-0.25, -0.2) is 12.7 Å². The summed E-state index contributed by atoms with van der Waals surface area (Å²) in [5, 5.41) is 9.03. The van der Waals surface area contributed by atoms with Crippen molar-refractivity contribution in [3.05, 3.63) is 35.4 Å². The van der Waals surface area contributed by atoms with Gasteiger partial charge in [-0.05, 0) is 37.5 Å². The van der Waals surface area contributed by atoms with Crippen molar-refractivity contribution in [1.29, 1.82) is 0 Å². The summed E-state index contributed by atoms with van der Waals surface area (Å²) < 4.78 is 25.1. The molecular weight excluding hydrogens is 366 g/mol. The number of sulfonamides is 1. The van der Waals surface area contributed by atoms with Crippen molar-refractivity contribution in [2.75, 3.05) is 45.5 Å². The summed E-state index contributed by atoms with van der Waals surface area (Å²) in [5.41, 5.74) is 1.70. The van der Waals surface area contributed by atoms with Gasteiger partial charge >= 0.3 is 0 Å². The lowest BCUT2D eigenvalue weighted by atomic mass is 10.1. The molecule has 0 bridgehead atoms. The predicted octanol–water partition coefficient (Wildman–Crippen LogP) is 0.179. The average Bonchev–Trinajstić information content (AvgIpc) is 2.99. The summed E-state index contributed by atoms with van der Waals surface area (Å²) in [7, 11) is -1.46. The van der Waals surface area contributed by atoms with Gasteiger partial charge in [-0.3, -0.25) is 9.79 Å². The van der Waals surface area contributed by atoms with Crippen molar-refractivity contribution in [2.45, 2.75) is 19.8 Å². The van der Waals surface area contributed by atoms with Crippen LogP contribution in [0.3, 0.4) is 0 Å². The minimum atomic E-state index is -3.07. The normalized spacial score (nSPS) is 16.9. The highest BCUT2D eigenvalue weighted by molar-refractivity contribution is 7.89. The molecule has 1 fully saturated rings. The van der Waals surface area contributed by atoms with E-state index in [-0.39, 0.29) is 11.7 Å². The van der Waals surface area contributed by atoms with Crippen molar-refractivity contribution < 1.29 is 13.2 Å². The number of carbonyl (C=O) groups excluding carboxylic acids is 1. The van der Waals surface area contributed by atoms with Crippen LogP contribution < -0.4 is 16.0 Å². The van der Waals surface area contributed by atoms with Crippen molar-refractivity contribution in [2.24, 2.45) is 4.99 Å². The summed E-state index contributed by atoms with van der Waals surface area (Å²) in [5.74, 6) is 0.803. The molecule has 1 heterocycles. The third kappa shape index (κ3) is 6.51. The maximum Gasteiger partial charge on any atom is 0.251 e. The van der Waals surface area contributed by atoms with Gasteiger partial charge in [0.1, 0.15) is 0 Å². The van der Waals surface area contributed by atoms with Crippen molar-refractivity contribution in [3.63, 3.8) is 0 Å². The summed E-state index contributed by atoms with van der Waals surface area (Å²) in [6.45, 7) is 4.78. The smallest absolute Gasteiger partial charge is 0.251 e. The highest BCUT2D eigenvalue weighted by Gasteiger charge is 2.27. The third-order valence-corrected chi connectivity index (χ3v) is 6.25. The van der Waals surface area contributed by atoms with Crippen LogP contribution in [0.4, 0.5) is 0 Å². The van der Waals surface area contributed by atoms with Gasteiger partial charge in [-0.1, -0.05) is 12.1 Å². The van der Waals surface area contributed by atoms with Crippen LogP contribution in [0, 0.1) is 0 Å². The van der Waals surface area contributed by atoms with E-state index in [1.54, 1.807) is 13.1 Å². The molecule has 0 radical (unpaired) electrons. The van der Waals surface area contributed by atoms with Crippen LogP contribution in [0.25, 0.3) is 0 Å². The number of rotatable bonds is 8. The quantitative estimate of drug-likeness (QED) is 0.430. The molecule has 0 unspecified atom stereocenters. The van der Waals surface area contributed by atoms with Crippen LogP contribution in [0.5, 0.6) is 0 Å². The first kappa shape index (κ1) is 21.2. The molecule has 27 heavy (non-hydrogen) atoms. The fourth-order valence-corrected chi connectivity index (χ4v) is 4.41. The number of carbonyl (C=O) groups is 1. The van der Waals surface area contributed by atoms with Crippen molar-refractivity contribution in [3.8, 4) is 0 Å². The molecule has 0 spiro atoms. The number of amides is 1. The molecule has 0 saturated carbocycles. The zero-order valence-corrected chi connectivity index (χ0v) is 16.8. The van der Waals surface area contributed by atoms with Gasteiger partial charge < -0.3 is 16.0 Å².